The van der Waals surface area contributed by atoms with E-state index in [2.05, 4.69) is 19.1 Å². The van der Waals surface area contributed by atoms with Crippen LogP contribution < -0.4 is 0 Å². The Balaban J connectivity index is 2.11. The summed E-state index contributed by atoms with van der Waals surface area (Å²) in [5, 5.41) is 0. The molecule has 0 N–H and O–H groups in total. The highest BCUT2D eigenvalue weighted by atomic mass is 14.3. The van der Waals surface area contributed by atoms with Crippen LogP contribution in [0.4, 0.5) is 0 Å². The zero-order valence-corrected chi connectivity index (χ0v) is 6.56. The first-order chi connectivity index (χ1) is 4.88. The maximum atomic E-state index is 2.29. The van der Waals surface area contributed by atoms with Gasteiger partial charge in [-0.05, 0) is 32.1 Å². The molecule has 0 radical (unpaired) electrons. The van der Waals surface area contributed by atoms with Crippen molar-refractivity contribution < 1.29 is 0 Å². The fourth-order valence-corrected chi connectivity index (χ4v) is 1.88. The summed E-state index contributed by atoms with van der Waals surface area (Å²) in [7, 11) is 0. The first-order valence-electron chi connectivity index (χ1n) is 4.24. The molecule has 0 heterocycles. The zero-order valence-electron chi connectivity index (χ0n) is 6.56. The minimum Gasteiger partial charge on any atom is -0.0802 e. The summed E-state index contributed by atoms with van der Waals surface area (Å²) >= 11 is 0. The third-order valence-electron chi connectivity index (χ3n) is 2.81. The van der Waals surface area contributed by atoms with E-state index in [-0.39, 0.29) is 0 Å². The van der Waals surface area contributed by atoms with E-state index in [1.165, 1.54) is 25.7 Å². The Kier molecular flexibility index (Phi) is 1.40. The average molecular weight is 134 g/mol. The summed E-state index contributed by atoms with van der Waals surface area (Å²) in [5.41, 5.74) is 3.27. The summed E-state index contributed by atoms with van der Waals surface area (Å²) < 4.78 is 0. The van der Waals surface area contributed by atoms with Gasteiger partial charge in [0, 0.05) is 0 Å². The third-order valence-corrected chi connectivity index (χ3v) is 2.81. The fourth-order valence-electron chi connectivity index (χ4n) is 1.88. The van der Waals surface area contributed by atoms with Gasteiger partial charge >= 0.3 is 0 Å². The number of hydrogen-bond acceptors (Lipinski definition) is 0. The van der Waals surface area contributed by atoms with E-state index >= 15 is 0 Å². The molecule has 1 saturated carbocycles. The summed E-state index contributed by atoms with van der Waals surface area (Å²) in [6.45, 7) is 2.25. The quantitative estimate of drug-likeness (QED) is 0.517. The van der Waals surface area contributed by atoms with E-state index in [1.54, 1.807) is 11.1 Å². The van der Waals surface area contributed by atoms with Crippen LogP contribution in [0.3, 0.4) is 0 Å². The molecule has 1 fully saturated rings. The molecule has 0 aliphatic heterocycles. The van der Waals surface area contributed by atoms with Crippen LogP contribution in [0.25, 0.3) is 0 Å². The highest BCUT2D eigenvalue weighted by Crippen LogP contribution is 2.38. The lowest BCUT2D eigenvalue weighted by Crippen LogP contribution is -2.13. The second-order valence-electron chi connectivity index (χ2n) is 3.44. The lowest BCUT2D eigenvalue weighted by atomic mass is 9.78. The molecule has 0 aromatic heterocycles. The monoisotopic (exact) mass is 134 g/mol. The van der Waals surface area contributed by atoms with Crippen LogP contribution in [-0.2, 0) is 0 Å². The van der Waals surface area contributed by atoms with Crippen LogP contribution in [0.15, 0.2) is 23.3 Å². The Labute approximate surface area is 62.6 Å². The largest absolute Gasteiger partial charge is 0.0802 e. The van der Waals surface area contributed by atoms with Crippen molar-refractivity contribution in [1.82, 2.24) is 0 Å². The van der Waals surface area contributed by atoms with Crippen LogP contribution in [0.2, 0.25) is 0 Å². The highest BCUT2D eigenvalue weighted by molar-refractivity contribution is 5.34. The number of allylic oxidation sites excluding steroid dienone is 4. The fraction of sp³-hybridized carbons (Fsp3) is 0.600. The van der Waals surface area contributed by atoms with Crippen LogP contribution in [0, 0.1) is 5.92 Å². The van der Waals surface area contributed by atoms with Crippen molar-refractivity contribution in [1.29, 1.82) is 0 Å². The summed E-state index contributed by atoms with van der Waals surface area (Å²) in [6.07, 6.45) is 10.2. The SMILES string of the molecule is CC1=C(C2CCC2)CC=C1. The summed E-state index contributed by atoms with van der Waals surface area (Å²) in [6, 6.07) is 0. The number of rotatable bonds is 1. The van der Waals surface area contributed by atoms with Gasteiger partial charge in [-0.25, -0.2) is 0 Å². The van der Waals surface area contributed by atoms with Crippen molar-refractivity contribution in [3.63, 3.8) is 0 Å². The zero-order chi connectivity index (χ0) is 6.97. The molecular weight excluding hydrogens is 120 g/mol. The Morgan fingerprint density at radius 1 is 1.40 bits per heavy atom. The average Bonchev–Trinajstić information content (AvgIpc) is 2.12. The standard InChI is InChI=1S/C10H14/c1-8-4-2-7-10(8)9-5-3-6-9/h2,4,9H,3,5-7H2,1H3. The van der Waals surface area contributed by atoms with Crippen LogP contribution >= 0.6 is 0 Å². The molecule has 0 amide bonds. The van der Waals surface area contributed by atoms with Gasteiger partial charge in [0.2, 0.25) is 0 Å². The van der Waals surface area contributed by atoms with Gasteiger partial charge in [-0.1, -0.05) is 29.7 Å². The minimum atomic E-state index is 0.968. The molecule has 0 nitrogen and oxygen atoms in total. The normalized spacial score (nSPS) is 25.7. The van der Waals surface area contributed by atoms with Crippen LogP contribution in [0.1, 0.15) is 32.6 Å². The van der Waals surface area contributed by atoms with E-state index in [0.29, 0.717) is 0 Å². The maximum Gasteiger partial charge on any atom is -0.0127 e. The van der Waals surface area contributed by atoms with Gasteiger partial charge in [0.05, 0.1) is 0 Å². The predicted molar refractivity (Wildman–Crippen MR) is 43.8 cm³/mol. The van der Waals surface area contributed by atoms with Gasteiger partial charge in [0.25, 0.3) is 0 Å². The van der Waals surface area contributed by atoms with Crippen LogP contribution in [-0.4, -0.2) is 0 Å². The highest BCUT2D eigenvalue weighted by Gasteiger charge is 2.23. The molecule has 0 bridgehead atoms. The maximum absolute atomic E-state index is 2.29. The molecule has 0 saturated heterocycles. The van der Waals surface area contributed by atoms with E-state index in [0.717, 1.165) is 5.92 Å². The van der Waals surface area contributed by atoms with Crippen LogP contribution in [0.5, 0.6) is 0 Å². The Hall–Kier alpha value is -0.520. The topological polar surface area (TPSA) is 0 Å². The van der Waals surface area contributed by atoms with E-state index < -0.39 is 0 Å². The first kappa shape index (κ1) is 6.21. The Bertz CT molecular complexity index is 192. The molecule has 0 heteroatoms. The lowest BCUT2D eigenvalue weighted by Gasteiger charge is -2.27. The molecule has 0 spiro atoms. The smallest absolute Gasteiger partial charge is 0.0127 e. The van der Waals surface area contributed by atoms with E-state index in [4.69, 9.17) is 0 Å². The van der Waals surface area contributed by atoms with Crippen molar-refractivity contribution in [2.75, 3.05) is 0 Å². The minimum absolute atomic E-state index is 0.968. The molecule has 2 rings (SSSR count). The van der Waals surface area contributed by atoms with Gasteiger partial charge in [-0.3, -0.25) is 0 Å². The molecule has 2 aliphatic carbocycles. The Morgan fingerprint density at radius 3 is 2.60 bits per heavy atom. The van der Waals surface area contributed by atoms with Gasteiger partial charge in [-0.15, -0.1) is 0 Å². The molecular formula is C10H14. The second kappa shape index (κ2) is 2.26. The van der Waals surface area contributed by atoms with Crippen molar-refractivity contribution in [2.24, 2.45) is 5.92 Å². The second-order valence-corrected chi connectivity index (χ2v) is 3.44. The van der Waals surface area contributed by atoms with Crippen molar-refractivity contribution >= 4 is 0 Å². The molecule has 54 valence electrons. The third kappa shape index (κ3) is 0.828. The summed E-state index contributed by atoms with van der Waals surface area (Å²) in [4.78, 5) is 0. The van der Waals surface area contributed by atoms with Gasteiger partial charge in [-0.2, -0.15) is 0 Å². The van der Waals surface area contributed by atoms with Crippen molar-refractivity contribution in [2.45, 2.75) is 32.6 Å². The van der Waals surface area contributed by atoms with Crippen molar-refractivity contribution in [3.05, 3.63) is 23.3 Å². The first-order valence-corrected chi connectivity index (χ1v) is 4.24. The molecule has 0 atom stereocenters. The molecule has 0 aromatic carbocycles. The van der Waals surface area contributed by atoms with Crippen molar-refractivity contribution in [3.8, 4) is 0 Å². The summed E-state index contributed by atoms with van der Waals surface area (Å²) in [5.74, 6) is 0.968. The molecule has 0 unspecified atom stereocenters. The van der Waals surface area contributed by atoms with Gasteiger partial charge < -0.3 is 0 Å². The lowest BCUT2D eigenvalue weighted by molar-refractivity contribution is 0.363. The van der Waals surface area contributed by atoms with E-state index in [1.807, 2.05) is 0 Å². The molecule has 10 heavy (non-hydrogen) atoms. The van der Waals surface area contributed by atoms with Gasteiger partial charge in [0.1, 0.15) is 0 Å². The molecule has 2 aliphatic rings. The molecule has 0 aromatic rings. The Morgan fingerprint density at radius 2 is 2.20 bits per heavy atom. The van der Waals surface area contributed by atoms with Gasteiger partial charge in [0.15, 0.2) is 0 Å². The predicted octanol–water partition coefficient (Wildman–Crippen LogP) is 3.06. The number of hydrogen-bond donors (Lipinski definition) is 0. The van der Waals surface area contributed by atoms with E-state index in [9.17, 15) is 0 Å².